The van der Waals surface area contributed by atoms with Gasteiger partial charge in [0, 0.05) is 12.6 Å². The summed E-state index contributed by atoms with van der Waals surface area (Å²) >= 11 is 0. The number of anilines is 1. The molecule has 136 valence electrons. The van der Waals surface area contributed by atoms with E-state index in [1.54, 1.807) is 38.1 Å². The summed E-state index contributed by atoms with van der Waals surface area (Å²) < 4.78 is 0. The van der Waals surface area contributed by atoms with Crippen LogP contribution in [0.15, 0.2) is 48.5 Å². The number of hydrogen-bond donors (Lipinski definition) is 3. The van der Waals surface area contributed by atoms with Crippen molar-refractivity contribution in [2.45, 2.75) is 33.4 Å². The molecular weight excluding hydrogens is 330 g/mol. The molecule has 0 atom stereocenters. The van der Waals surface area contributed by atoms with Gasteiger partial charge in [-0.3, -0.25) is 14.4 Å². The van der Waals surface area contributed by atoms with Crippen molar-refractivity contribution in [1.29, 1.82) is 0 Å². The van der Waals surface area contributed by atoms with Gasteiger partial charge in [0.1, 0.15) is 0 Å². The molecule has 0 saturated heterocycles. The molecule has 0 radical (unpaired) electrons. The van der Waals surface area contributed by atoms with E-state index in [1.165, 1.54) is 0 Å². The third-order valence-electron chi connectivity index (χ3n) is 3.62. The van der Waals surface area contributed by atoms with E-state index < -0.39 is 11.8 Å². The fourth-order valence-corrected chi connectivity index (χ4v) is 2.28. The first-order valence-electron chi connectivity index (χ1n) is 8.41. The number of benzene rings is 2. The molecule has 0 heterocycles. The molecule has 0 fully saturated rings. The molecule has 0 spiro atoms. The number of para-hydroxylation sites is 1. The first-order valence-corrected chi connectivity index (χ1v) is 8.41. The number of hydrogen-bond acceptors (Lipinski definition) is 3. The van der Waals surface area contributed by atoms with Crippen molar-refractivity contribution in [3.63, 3.8) is 0 Å². The molecule has 0 aromatic heterocycles. The predicted molar refractivity (Wildman–Crippen MR) is 101 cm³/mol. The topological polar surface area (TPSA) is 87.3 Å². The summed E-state index contributed by atoms with van der Waals surface area (Å²) in [6.45, 7) is 5.89. The second-order valence-corrected chi connectivity index (χ2v) is 6.30. The van der Waals surface area contributed by atoms with Crippen LogP contribution in [0.25, 0.3) is 0 Å². The number of carbonyl (C=O) groups excluding carboxylic acids is 3. The van der Waals surface area contributed by atoms with E-state index in [2.05, 4.69) is 16.0 Å². The van der Waals surface area contributed by atoms with Crippen LogP contribution in [0, 0.1) is 6.92 Å². The lowest BCUT2D eigenvalue weighted by Gasteiger charge is -2.12. The fourth-order valence-electron chi connectivity index (χ4n) is 2.28. The SMILES string of the molecule is Cc1ccc(CNC(=O)c2ccccc2NC(=O)C(=O)NC(C)C)cc1. The van der Waals surface area contributed by atoms with Crippen molar-refractivity contribution in [1.82, 2.24) is 10.6 Å². The van der Waals surface area contributed by atoms with E-state index in [9.17, 15) is 14.4 Å². The van der Waals surface area contributed by atoms with Gasteiger partial charge in [0.2, 0.25) is 0 Å². The summed E-state index contributed by atoms with van der Waals surface area (Å²) in [4.78, 5) is 36.2. The van der Waals surface area contributed by atoms with E-state index in [4.69, 9.17) is 0 Å². The van der Waals surface area contributed by atoms with Crippen LogP contribution in [0.2, 0.25) is 0 Å². The number of aryl methyl sites for hydroxylation is 1. The monoisotopic (exact) mass is 353 g/mol. The third-order valence-corrected chi connectivity index (χ3v) is 3.62. The highest BCUT2D eigenvalue weighted by molar-refractivity contribution is 6.40. The van der Waals surface area contributed by atoms with E-state index in [1.807, 2.05) is 31.2 Å². The van der Waals surface area contributed by atoms with Gasteiger partial charge in [0.25, 0.3) is 5.91 Å². The molecular formula is C20H23N3O3. The number of carbonyl (C=O) groups is 3. The lowest BCUT2D eigenvalue weighted by molar-refractivity contribution is -0.136. The smallest absolute Gasteiger partial charge is 0.313 e. The van der Waals surface area contributed by atoms with E-state index in [0.29, 0.717) is 12.1 Å². The van der Waals surface area contributed by atoms with E-state index in [-0.39, 0.29) is 17.6 Å². The van der Waals surface area contributed by atoms with Gasteiger partial charge in [0.15, 0.2) is 0 Å². The van der Waals surface area contributed by atoms with Crippen LogP contribution in [0.4, 0.5) is 5.69 Å². The van der Waals surface area contributed by atoms with Crippen LogP contribution in [0.3, 0.4) is 0 Å². The highest BCUT2D eigenvalue weighted by atomic mass is 16.2. The third kappa shape index (κ3) is 5.44. The van der Waals surface area contributed by atoms with E-state index in [0.717, 1.165) is 11.1 Å². The molecule has 2 rings (SSSR count). The average Bonchev–Trinajstić information content (AvgIpc) is 2.61. The minimum Gasteiger partial charge on any atom is -0.348 e. The minimum atomic E-state index is -0.808. The molecule has 0 saturated carbocycles. The number of amides is 3. The van der Waals surface area contributed by atoms with Crippen molar-refractivity contribution >= 4 is 23.4 Å². The summed E-state index contributed by atoms with van der Waals surface area (Å²) in [5.41, 5.74) is 2.71. The zero-order valence-corrected chi connectivity index (χ0v) is 15.1. The molecule has 0 aliphatic heterocycles. The summed E-state index contributed by atoms with van der Waals surface area (Å²) in [6, 6.07) is 14.3. The van der Waals surface area contributed by atoms with Crippen molar-refractivity contribution in [3.8, 4) is 0 Å². The Balaban J connectivity index is 2.05. The van der Waals surface area contributed by atoms with E-state index >= 15 is 0 Å². The van der Waals surface area contributed by atoms with Gasteiger partial charge in [-0.25, -0.2) is 0 Å². The Kier molecular flexibility index (Phi) is 6.49. The Morgan fingerprint density at radius 3 is 2.23 bits per heavy atom. The number of nitrogens with one attached hydrogen (secondary N) is 3. The molecule has 2 aromatic rings. The second-order valence-electron chi connectivity index (χ2n) is 6.30. The Hall–Kier alpha value is -3.15. The Morgan fingerprint density at radius 2 is 1.58 bits per heavy atom. The van der Waals surface area contributed by atoms with Gasteiger partial charge < -0.3 is 16.0 Å². The standard InChI is InChI=1S/C20H23N3O3/c1-13(2)22-19(25)20(26)23-17-7-5-4-6-16(17)18(24)21-12-15-10-8-14(3)9-11-15/h4-11,13H,12H2,1-3H3,(H,21,24)(H,22,25)(H,23,26). The zero-order valence-electron chi connectivity index (χ0n) is 15.1. The highest BCUT2D eigenvalue weighted by Gasteiger charge is 2.18. The summed E-state index contributed by atoms with van der Waals surface area (Å²) in [5, 5.41) is 7.82. The minimum absolute atomic E-state index is 0.152. The predicted octanol–water partition coefficient (Wildman–Crippen LogP) is 2.39. The maximum atomic E-state index is 12.5. The lowest BCUT2D eigenvalue weighted by Crippen LogP contribution is -2.39. The fraction of sp³-hybridized carbons (Fsp3) is 0.250. The van der Waals surface area contributed by atoms with Crippen molar-refractivity contribution in [2.75, 3.05) is 5.32 Å². The molecule has 3 N–H and O–H groups in total. The molecule has 0 aliphatic carbocycles. The number of rotatable bonds is 5. The van der Waals surface area contributed by atoms with Crippen LogP contribution >= 0.6 is 0 Å². The molecule has 6 heteroatoms. The van der Waals surface area contributed by atoms with Crippen molar-refractivity contribution < 1.29 is 14.4 Å². The van der Waals surface area contributed by atoms with Crippen LogP contribution in [0.1, 0.15) is 35.3 Å². The second kappa shape index (κ2) is 8.80. The molecule has 26 heavy (non-hydrogen) atoms. The Morgan fingerprint density at radius 1 is 0.923 bits per heavy atom. The van der Waals surface area contributed by atoms with Gasteiger partial charge in [0.05, 0.1) is 11.3 Å². The summed E-state index contributed by atoms with van der Waals surface area (Å²) in [7, 11) is 0. The molecule has 3 amide bonds. The molecule has 0 unspecified atom stereocenters. The zero-order chi connectivity index (χ0) is 19.1. The first-order chi connectivity index (χ1) is 12.4. The van der Waals surface area contributed by atoms with Crippen LogP contribution in [0.5, 0.6) is 0 Å². The highest BCUT2D eigenvalue weighted by Crippen LogP contribution is 2.15. The average molecular weight is 353 g/mol. The normalized spacial score (nSPS) is 10.3. The maximum Gasteiger partial charge on any atom is 0.313 e. The van der Waals surface area contributed by atoms with Crippen LogP contribution in [-0.2, 0) is 16.1 Å². The quantitative estimate of drug-likeness (QED) is 0.721. The largest absolute Gasteiger partial charge is 0.348 e. The van der Waals surface area contributed by atoms with Gasteiger partial charge in [-0.15, -0.1) is 0 Å². The Bertz CT molecular complexity index is 798. The summed E-state index contributed by atoms with van der Waals surface area (Å²) in [5.74, 6) is -1.88. The van der Waals surface area contributed by atoms with Crippen molar-refractivity contribution in [3.05, 3.63) is 65.2 Å². The summed E-state index contributed by atoms with van der Waals surface area (Å²) in [6.07, 6.45) is 0. The molecule has 0 bridgehead atoms. The van der Waals surface area contributed by atoms with Crippen LogP contribution < -0.4 is 16.0 Å². The molecule has 0 aliphatic rings. The molecule has 6 nitrogen and oxygen atoms in total. The van der Waals surface area contributed by atoms with Gasteiger partial charge >= 0.3 is 11.8 Å². The van der Waals surface area contributed by atoms with Gasteiger partial charge in [-0.2, -0.15) is 0 Å². The maximum absolute atomic E-state index is 12.5. The molecule has 2 aromatic carbocycles. The Labute approximate surface area is 153 Å². The lowest BCUT2D eigenvalue weighted by atomic mass is 10.1. The van der Waals surface area contributed by atoms with Crippen molar-refractivity contribution in [2.24, 2.45) is 0 Å². The van der Waals surface area contributed by atoms with Gasteiger partial charge in [-0.05, 0) is 38.5 Å². The first kappa shape index (κ1) is 19.2. The van der Waals surface area contributed by atoms with Gasteiger partial charge in [-0.1, -0.05) is 42.0 Å². The van der Waals surface area contributed by atoms with Crippen LogP contribution in [-0.4, -0.2) is 23.8 Å².